The zero-order chi connectivity index (χ0) is 18.5. The summed E-state index contributed by atoms with van der Waals surface area (Å²) in [4.78, 5) is 18.1. The first-order valence-corrected chi connectivity index (χ1v) is 8.11. The van der Waals surface area contributed by atoms with E-state index in [2.05, 4.69) is 15.5 Å². The molecule has 2 amide bonds. The number of methoxy groups -OCH3 is 1. The van der Waals surface area contributed by atoms with E-state index in [-0.39, 0.29) is 12.6 Å². The van der Waals surface area contributed by atoms with Gasteiger partial charge in [0.2, 0.25) is 11.7 Å². The van der Waals surface area contributed by atoms with Crippen molar-refractivity contribution in [3.8, 4) is 17.1 Å². The van der Waals surface area contributed by atoms with E-state index in [1.165, 1.54) is 4.90 Å². The SMILES string of the molecule is COc1ccc(-c2noc(CN(C)C(=O)Nc3cccc(C)c3)n2)cc1. The Morgan fingerprint density at radius 3 is 2.69 bits per heavy atom. The van der Waals surface area contributed by atoms with Crippen LogP contribution in [0, 0.1) is 6.92 Å². The van der Waals surface area contributed by atoms with E-state index in [0.717, 1.165) is 22.6 Å². The molecule has 3 aromatic rings. The Kier molecular flexibility index (Phi) is 5.17. The lowest BCUT2D eigenvalue weighted by Crippen LogP contribution is -2.30. The predicted molar refractivity (Wildman–Crippen MR) is 98.0 cm³/mol. The molecule has 0 unspecified atom stereocenters. The normalized spacial score (nSPS) is 10.4. The summed E-state index contributed by atoms with van der Waals surface area (Å²) in [6.07, 6.45) is 0. The minimum atomic E-state index is -0.250. The highest BCUT2D eigenvalue weighted by Crippen LogP contribution is 2.20. The lowest BCUT2D eigenvalue weighted by molar-refractivity contribution is 0.213. The number of urea groups is 1. The lowest BCUT2D eigenvalue weighted by atomic mass is 10.2. The Balaban J connectivity index is 1.63. The van der Waals surface area contributed by atoms with Gasteiger partial charge in [-0.3, -0.25) is 0 Å². The van der Waals surface area contributed by atoms with Gasteiger partial charge in [0.15, 0.2) is 0 Å². The number of nitrogens with zero attached hydrogens (tertiary/aromatic N) is 3. The van der Waals surface area contributed by atoms with Crippen molar-refractivity contribution in [3.05, 3.63) is 60.0 Å². The Bertz CT molecular complexity index is 890. The number of aryl methyl sites for hydroxylation is 1. The van der Waals surface area contributed by atoms with Gasteiger partial charge in [0.1, 0.15) is 12.3 Å². The van der Waals surface area contributed by atoms with Gasteiger partial charge < -0.3 is 19.5 Å². The van der Waals surface area contributed by atoms with Crippen molar-refractivity contribution >= 4 is 11.7 Å². The molecule has 0 spiro atoms. The molecule has 0 aliphatic carbocycles. The maximum Gasteiger partial charge on any atom is 0.322 e. The van der Waals surface area contributed by atoms with E-state index < -0.39 is 0 Å². The standard InChI is InChI=1S/C19H20N4O3/c1-13-5-4-6-15(11-13)20-19(24)23(2)12-17-21-18(22-26-17)14-7-9-16(25-3)10-8-14/h4-11H,12H2,1-3H3,(H,20,24). The van der Waals surface area contributed by atoms with E-state index in [9.17, 15) is 4.79 Å². The fourth-order valence-electron chi connectivity index (χ4n) is 2.39. The summed E-state index contributed by atoms with van der Waals surface area (Å²) in [6.45, 7) is 2.18. The molecule has 1 aromatic heterocycles. The smallest absolute Gasteiger partial charge is 0.322 e. The Morgan fingerprint density at radius 2 is 2.00 bits per heavy atom. The second kappa shape index (κ2) is 7.69. The molecule has 7 heteroatoms. The first-order chi connectivity index (χ1) is 12.5. The molecule has 26 heavy (non-hydrogen) atoms. The maximum atomic E-state index is 12.3. The van der Waals surface area contributed by atoms with E-state index in [0.29, 0.717) is 11.7 Å². The fourth-order valence-corrected chi connectivity index (χ4v) is 2.39. The van der Waals surface area contributed by atoms with Crippen LogP contribution in [0.4, 0.5) is 10.5 Å². The first-order valence-electron chi connectivity index (χ1n) is 8.11. The molecule has 0 aliphatic heterocycles. The van der Waals surface area contributed by atoms with Crippen LogP contribution in [-0.4, -0.2) is 35.2 Å². The van der Waals surface area contributed by atoms with Crippen LogP contribution in [0.3, 0.4) is 0 Å². The quantitative estimate of drug-likeness (QED) is 0.757. The average molecular weight is 352 g/mol. The van der Waals surface area contributed by atoms with Gasteiger partial charge in [0, 0.05) is 18.3 Å². The molecule has 134 valence electrons. The minimum absolute atomic E-state index is 0.209. The molecular weight excluding hydrogens is 332 g/mol. The maximum absolute atomic E-state index is 12.3. The van der Waals surface area contributed by atoms with Gasteiger partial charge in [-0.2, -0.15) is 4.98 Å². The number of benzene rings is 2. The Hall–Kier alpha value is -3.35. The summed E-state index contributed by atoms with van der Waals surface area (Å²) in [6, 6.07) is 14.7. The molecule has 0 fully saturated rings. The molecular formula is C19H20N4O3. The summed E-state index contributed by atoms with van der Waals surface area (Å²) >= 11 is 0. The number of nitrogens with one attached hydrogen (secondary N) is 1. The van der Waals surface area contributed by atoms with Crippen LogP contribution in [0.2, 0.25) is 0 Å². The summed E-state index contributed by atoms with van der Waals surface area (Å²) in [7, 11) is 3.28. The summed E-state index contributed by atoms with van der Waals surface area (Å²) in [5.74, 6) is 1.58. The van der Waals surface area contributed by atoms with Crippen molar-refractivity contribution in [2.75, 3.05) is 19.5 Å². The number of rotatable bonds is 5. The van der Waals surface area contributed by atoms with Gasteiger partial charge in [0.25, 0.3) is 0 Å². The molecule has 1 heterocycles. The third-order valence-electron chi connectivity index (χ3n) is 3.80. The average Bonchev–Trinajstić information content (AvgIpc) is 3.10. The van der Waals surface area contributed by atoms with E-state index in [1.54, 1.807) is 14.2 Å². The topological polar surface area (TPSA) is 80.5 Å². The number of amides is 2. The number of anilines is 1. The van der Waals surface area contributed by atoms with Crippen LogP contribution in [0.1, 0.15) is 11.5 Å². The molecule has 1 N–H and O–H groups in total. The zero-order valence-corrected chi connectivity index (χ0v) is 14.9. The van der Waals surface area contributed by atoms with Crippen molar-refractivity contribution in [3.63, 3.8) is 0 Å². The largest absolute Gasteiger partial charge is 0.497 e. The van der Waals surface area contributed by atoms with E-state index >= 15 is 0 Å². The molecule has 0 atom stereocenters. The number of ether oxygens (including phenoxy) is 1. The third-order valence-corrected chi connectivity index (χ3v) is 3.80. The molecule has 0 radical (unpaired) electrons. The van der Waals surface area contributed by atoms with Crippen molar-refractivity contribution in [1.82, 2.24) is 15.0 Å². The lowest BCUT2D eigenvalue weighted by Gasteiger charge is -2.16. The van der Waals surface area contributed by atoms with Gasteiger partial charge in [-0.05, 0) is 48.9 Å². The van der Waals surface area contributed by atoms with Crippen molar-refractivity contribution in [2.24, 2.45) is 0 Å². The number of hydrogen-bond acceptors (Lipinski definition) is 5. The molecule has 0 aliphatic rings. The molecule has 0 saturated carbocycles. The molecule has 0 bridgehead atoms. The number of carbonyl (C=O) groups is 1. The minimum Gasteiger partial charge on any atom is -0.497 e. The Labute approximate surface area is 151 Å². The van der Waals surface area contributed by atoms with Gasteiger partial charge in [-0.15, -0.1) is 0 Å². The Morgan fingerprint density at radius 1 is 1.23 bits per heavy atom. The van der Waals surface area contributed by atoms with Crippen molar-refractivity contribution in [1.29, 1.82) is 0 Å². The second-order valence-corrected chi connectivity index (χ2v) is 5.90. The van der Waals surface area contributed by atoms with Gasteiger partial charge in [0.05, 0.1) is 7.11 Å². The summed E-state index contributed by atoms with van der Waals surface area (Å²) in [5.41, 5.74) is 2.63. The van der Waals surface area contributed by atoms with Crippen LogP contribution < -0.4 is 10.1 Å². The highest BCUT2D eigenvalue weighted by Gasteiger charge is 2.15. The first kappa shape index (κ1) is 17.5. The monoisotopic (exact) mass is 352 g/mol. The van der Waals surface area contributed by atoms with E-state index in [4.69, 9.17) is 9.26 Å². The number of aromatic nitrogens is 2. The molecule has 0 saturated heterocycles. The summed E-state index contributed by atoms with van der Waals surface area (Å²) < 4.78 is 10.4. The zero-order valence-electron chi connectivity index (χ0n) is 14.9. The van der Waals surface area contributed by atoms with Crippen LogP contribution in [-0.2, 0) is 6.54 Å². The third kappa shape index (κ3) is 4.18. The molecule has 2 aromatic carbocycles. The summed E-state index contributed by atoms with van der Waals surface area (Å²) in [5, 5.41) is 6.80. The van der Waals surface area contributed by atoms with Crippen LogP contribution in [0.25, 0.3) is 11.4 Å². The number of hydrogen-bond donors (Lipinski definition) is 1. The highest BCUT2D eigenvalue weighted by molar-refractivity contribution is 5.89. The van der Waals surface area contributed by atoms with Gasteiger partial charge in [-0.1, -0.05) is 17.3 Å². The second-order valence-electron chi connectivity index (χ2n) is 5.90. The van der Waals surface area contributed by atoms with Crippen molar-refractivity contribution in [2.45, 2.75) is 13.5 Å². The highest BCUT2D eigenvalue weighted by atomic mass is 16.5. The van der Waals surface area contributed by atoms with Crippen LogP contribution in [0.15, 0.2) is 53.1 Å². The number of carbonyl (C=O) groups excluding carboxylic acids is 1. The fraction of sp³-hybridized carbons (Fsp3) is 0.211. The van der Waals surface area contributed by atoms with Gasteiger partial charge in [-0.25, -0.2) is 4.79 Å². The predicted octanol–water partition coefficient (Wildman–Crippen LogP) is 3.72. The van der Waals surface area contributed by atoms with Crippen LogP contribution in [0.5, 0.6) is 5.75 Å². The van der Waals surface area contributed by atoms with E-state index in [1.807, 2.05) is 55.5 Å². The van der Waals surface area contributed by atoms with Crippen LogP contribution >= 0.6 is 0 Å². The molecule has 3 rings (SSSR count). The molecule has 7 nitrogen and oxygen atoms in total. The van der Waals surface area contributed by atoms with Gasteiger partial charge >= 0.3 is 6.03 Å². The van der Waals surface area contributed by atoms with Crippen molar-refractivity contribution < 1.29 is 14.1 Å².